The van der Waals surface area contributed by atoms with Gasteiger partial charge in [0.2, 0.25) is 0 Å². The molecule has 0 aliphatic carbocycles. The van der Waals surface area contributed by atoms with E-state index in [1.54, 1.807) is 0 Å². The van der Waals surface area contributed by atoms with Crippen LogP contribution in [0.1, 0.15) is 59.3 Å². The van der Waals surface area contributed by atoms with Crippen molar-refractivity contribution in [2.45, 2.75) is 74.2 Å². The van der Waals surface area contributed by atoms with Gasteiger partial charge in [0.05, 0.1) is 22.4 Å². The van der Waals surface area contributed by atoms with Crippen molar-refractivity contribution >= 4 is 31.9 Å². The molecular weight excluding hydrogens is 360 g/mol. The van der Waals surface area contributed by atoms with Crippen LogP contribution in [0.25, 0.3) is 0 Å². The van der Waals surface area contributed by atoms with E-state index in [9.17, 15) is 0 Å². The van der Waals surface area contributed by atoms with Gasteiger partial charge >= 0.3 is 0 Å². The van der Waals surface area contributed by atoms with Gasteiger partial charge in [-0.25, -0.2) is 0 Å². The summed E-state index contributed by atoms with van der Waals surface area (Å²) in [4.78, 5) is 0.225. The van der Waals surface area contributed by atoms with Crippen molar-refractivity contribution in [2.75, 3.05) is 13.2 Å². The van der Waals surface area contributed by atoms with Crippen LogP contribution in [0.2, 0.25) is 0 Å². The van der Waals surface area contributed by atoms with E-state index in [-0.39, 0.29) is 9.15 Å². The standard InChI is InChI=1S/C14H26Br2O2/c1-4-6-7-8-9-13(3,16)14(12(15)5-2)17-10-11-18-14/h12H,4-11H2,1-3H3. The molecule has 1 saturated heterocycles. The fourth-order valence-corrected chi connectivity index (χ4v) is 4.43. The second-order valence-corrected chi connectivity index (χ2v) is 8.10. The van der Waals surface area contributed by atoms with Gasteiger partial charge in [-0.15, -0.1) is 0 Å². The number of hydrogen-bond donors (Lipinski definition) is 0. The molecule has 0 bridgehead atoms. The van der Waals surface area contributed by atoms with Crippen molar-refractivity contribution in [2.24, 2.45) is 0 Å². The summed E-state index contributed by atoms with van der Waals surface area (Å²) in [6.07, 6.45) is 7.15. The molecule has 2 nitrogen and oxygen atoms in total. The lowest BCUT2D eigenvalue weighted by molar-refractivity contribution is -0.177. The molecule has 4 heteroatoms. The van der Waals surface area contributed by atoms with Crippen LogP contribution in [0, 0.1) is 0 Å². The van der Waals surface area contributed by atoms with Gasteiger partial charge in [-0.1, -0.05) is 71.4 Å². The normalized spacial score (nSPS) is 23.8. The molecule has 2 unspecified atom stereocenters. The Hall–Kier alpha value is 0.880. The lowest BCUT2D eigenvalue weighted by Gasteiger charge is -2.43. The van der Waals surface area contributed by atoms with Crippen LogP contribution < -0.4 is 0 Å². The van der Waals surface area contributed by atoms with Crippen LogP contribution in [0.4, 0.5) is 0 Å². The smallest absolute Gasteiger partial charge is 0.196 e. The van der Waals surface area contributed by atoms with Crippen LogP contribution >= 0.6 is 31.9 Å². The molecule has 108 valence electrons. The van der Waals surface area contributed by atoms with Crippen molar-refractivity contribution in [3.8, 4) is 0 Å². The molecule has 0 N–H and O–H groups in total. The minimum atomic E-state index is -0.520. The Morgan fingerprint density at radius 2 is 1.78 bits per heavy atom. The lowest BCUT2D eigenvalue weighted by atomic mass is 9.90. The summed E-state index contributed by atoms with van der Waals surface area (Å²) in [5.74, 6) is -0.520. The van der Waals surface area contributed by atoms with Crippen LogP contribution in [0.15, 0.2) is 0 Å². The van der Waals surface area contributed by atoms with Crippen LogP contribution in [-0.4, -0.2) is 28.2 Å². The largest absolute Gasteiger partial charge is 0.345 e. The van der Waals surface area contributed by atoms with Crippen molar-refractivity contribution in [1.82, 2.24) is 0 Å². The molecule has 0 amide bonds. The fourth-order valence-electron chi connectivity index (χ4n) is 2.56. The predicted molar refractivity (Wildman–Crippen MR) is 83.7 cm³/mol. The topological polar surface area (TPSA) is 18.5 Å². The Morgan fingerprint density at radius 3 is 2.28 bits per heavy atom. The Labute approximate surface area is 128 Å². The maximum Gasteiger partial charge on any atom is 0.196 e. The summed E-state index contributed by atoms with van der Waals surface area (Å²) in [5.41, 5.74) is 0. The quantitative estimate of drug-likeness (QED) is 0.431. The molecule has 1 rings (SSSR count). The zero-order valence-electron chi connectivity index (χ0n) is 11.8. The molecule has 1 aliphatic heterocycles. The molecule has 1 fully saturated rings. The van der Waals surface area contributed by atoms with E-state index in [1.165, 1.54) is 25.7 Å². The van der Waals surface area contributed by atoms with Gasteiger partial charge in [0.15, 0.2) is 5.79 Å². The highest BCUT2D eigenvalue weighted by Crippen LogP contribution is 2.47. The third kappa shape index (κ3) is 3.71. The molecule has 0 spiro atoms. The highest BCUT2D eigenvalue weighted by Gasteiger charge is 2.55. The van der Waals surface area contributed by atoms with E-state index in [0.717, 1.165) is 12.8 Å². The number of ether oxygens (including phenoxy) is 2. The summed E-state index contributed by atoms with van der Waals surface area (Å²) in [7, 11) is 0. The summed E-state index contributed by atoms with van der Waals surface area (Å²) in [6, 6.07) is 0. The third-order valence-corrected chi connectivity index (χ3v) is 5.91. The van der Waals surface area contributed by atoms with Gasteiger partial charge in [0, 0.05) is 0 Å². The van der Waals surface area contributed by atoms with E-state index < -0.39 is 5.79 Å². The molecule has 0 aromatic rings. The maximum absolute atomic E-state index is 6.00. The fraction of sp³-hybridized carbons (Fsp3) is 1.00. The molecule has 1 heterocycles. The van der Waals surface area contributed by atoms with Gasteiger partial charge in [-0.2, -0.15) is 0 Å². The second-order valence-electron chi connectivity index (χ2n) is 5.25. The maximum atomic E-state index is 6.00. The lowest BCUT2D eigenvalue weighted by Crippen LogP contribution is -2.55. The SMILES string of the molecule is CCCCCCC(C)(Br)C1(C(Br)CC)OCCO1. The highest BCUT2D eigenvalue weighted by molar-refractivity contribution is 9.10. The number of alkyl halides is 2. The zero-order chi connectivity index (χ0) is 13.6. The van der Waals surface area contributed by atoms with Gasteiger partial charge in [-0.3, -0.25) is 0 Å². The van der Waals surface area contributed by atoms with Crippen LogP contribution in [-0.2, 0) is 9.47 Å². The van der Waals surface area contributed by atoms with E-state index in [0.29, 0.717) is 13.2 Å². The Bertz CT molecular complexity index is 238. The first-order chi connectivity index (χ1) is 8.50. The van der Waals surface area contributed by atoms with Gasteiger partial charge in [0.1, 0.15) is 0 Å². The summed E-state index contributed by atoms with van der Waals surface area (Å²) < 4.78 is 11.9. The van der Waals surface area contributed by atoms with E-state index in [1.807, 2.05) is 0 Å². The minimum absolute atomic E-state index is 0.131. The molecule has 18 heavy (non-hydrogen) atoms. The monoisotopic (exact) mass is 384 g/mol. The molecule has 0 saturated carbocycles. The summed E-state index contributed by atoms with van der Waals surface area (Å²) >= 11 is 7.62. The number of halogens is 2. The first kappa shape index (κ1) is 16.9. The van der Waals surface area contributed by atoms with Crippen molar-refractivity contribution < 1.29 is 9.47 Å². The average Bonchev–Trinajstić information content (AvgIpc) is 2.84. The predicted octanol–water partition coefficient (Wildman–Crippen LogP) is 5.03. The van der Waals surface area contributed by atoms with E-state index in [2.05, 4.69) is 52.6 Å². The summed E-state index contributed by atoms with van der Waals surface area (Å²) in [6.45, 7) is 7.99. The van der Waals surface area contributed by atoms with E-state index in [4.69, 9.17) is 9.47 Å². The highest BCUT2D eigenvalue weighted by atomic mass is 79.9. The first-order valence-electron chi connectivity index (χ1n) is 7.11. The Kier molecular flexibility index (Phi) is 7.16. The molecular formula is C14H26Br2O2. The minimum Gasteiger partial charge on any atom is -0.345 e. The van der Waals surface area contributed by atoms with Crippen molar-refractivity contribution in [3.63, 3.8) is 0 Å². The van der Waals surface area contributed by atoms with Crippen LogP contribution in [0.5, 0.6) is 0 Å². The number of unbranched alkanes of at least 4 members (excludes halogenated alkanes) is 3. The molecule has 2 atom stereocenters. The molecule has 0 radical (unpaired) electrons. The molecule has 0 aromatic carbocycles. The Balaban J connectivity index is 2.65. The summed E-state index contributed by atoms with van der Waals surface area (Å²) in [5, 5.41) is 0. The van der Waals surface area contributed by atoms with Crippen molar-refractivity contribution in [1.29, 1.82) is 0 Å². The molecule has 0 aromatic heterocycles. The first-order valence-corrected chi connectivity index (χ1v) is 8.82. The zero-order valence-corrected chi connectivity index (χ0v) is 15.0. The average molecular weight is 386 g/mol. The van der Waals surface area contributed by atoms with Gasteiger partial charge < -0.3 is 9.47 Å². The number of rotatable bonds is 8. The third-order valence-electron chi connectivity index (χ3n) is 3.71. The Morgan fingerprint density at radius 1 is 1.17 bits per heavy atom. The van der Waals surface area contributed by atoms with Gasteiger partial charge in [-0.05, 0) is 19.8 Å². The molecule has 1 aliphatic rings. The van der Waals surface area contributed by atoms with Crippen molar-refractivity contribution in [3.05, 3.63) is 0 Å². The van der Waals surface area contributed by atoms with E-state index >= 15 is 0 Å². The second kappa shape index (κ2) is 7.61. The van der Waals surface area contributed by atoms with Crippen LogP contribution in [0.3, 0.4) is 0 Å². The number of hydrogen-bond acceptors (Lipinski definition) is 2. The van der Waals surface area contributed by atoms with Gasteiger partial charge in [0.25, 0.3) is 0 Å².